The van der Waals surface area contributed by atoms with Crippen LogP contribution in [-0.4, -0.2) is 16.1 Å². The smallest absolute Gasteiger partial charge is 0.273 e. The number of carbonyl (C=O) groups excluding carboxylic acids is 1. The van der Waals surface area contributed by atoms with Crippen LogP contribution >= 0.6 is 0 Å². The number of amides is 1. The molecular formula is C16H14N4O. The highest BCUT2D eigenvalue weighted by Crippen LogP contribution is 2.21. The van der Waals surface area contributed by atoms with Crippen molar-refractivity contribution in [2.75, 3.05) is 11.1 Å². The molecule has 104 valence electrons. The van der Waals surface area contributed by atoms with E-state index < -0.39 is 0 Å². The Hall–Kier alpha value is -3.08. The number of anilines is 2. The quantitative estimate of drug-likeness (QED) is 0.688. The van der Waals surface area contributed by atoms with Crippen molar-refractivity contribution in [2.24, 2.45) is 0 Å². The first-order valence-electron chi connectivity index (χ1n) is 6.50. The third-order valence-electron chi connectivity index (χ3n) is 3.09. The van der Waals surface area contributed by atoms with Gasteiger partial charge in [-0.3, -0.25) is 9.89 Å². The predicted molar refractivity (Wildman–Crippen MR) is 82.8 cm³/mol. The lowest BCUT2D eigenvalue weighted by Gasteiger charge is -2.05. The molecule has 21 heavy (non-hydrogen) atoms. The molecule has 0 unspecified atom stereocenters. The van der Waals surface area contributed by atoms with Gasteiger partial charge in [-0.15, -0.1) is 0 Å². The minimum atomic E-state index is -0.272. The lowest BCUT2D eigenvalue weighted by Crippen LogP contribution is -2.12. The zero-order valence-corrected chi connectivity index (χ0v) is 11.2. The molecule has 1 aromatic heterocycles. The van der Waals surface area contributed by atoms with E-state index in [4.69, 9.17) is 5.73 Å². The van der Waals surface area contributed by atoms with Crippen LogP contribution in [0.3, 0.4) is 0 Å². The summed E-state index contributed by atoms with van der Waals surface area (Å²) < 4.78 is 0. The number of nitrogen functional groups attached to an aromatic ring is 1. The molecule has 0 spiro atoms. The highest BCUT2D eigenvalue weighted by atomic mass is 16.1. The van der Waals surface area contributed by atoms with Gasteiger partial charge in [0.05, 0.1) is 0 Å². The van der Waals surface area contributed by atoms with Crippen LogP contribution in [0.25, 0.3) is 11.1 Å². The number of H-pyrrole nitrogens is 1. The average molecular weight is 278 g/mol. The highest BCUT2D eigenvalue weighted by molar-refractivity contribution is 6.03. The molecule has 3 aromatic rings. The first-order chi connectivity index (χ1) is 10.2. The van der Waals surface area contributed by atoms with Crippen molar-refractivity contribution in [1.29, 1.82) is 0 Å². The van der Waals surface area contributed by atoms with Gasteiger partial charge >= 0.3 is 0 Å². The fourth-order valence-corrected chi connectivity index (χ4v) is 2.03. The molecule has 0 aliphatic heterocycles. The Morgan fingerprint density at radius 2 is 1.67 bits per heavy atom. The molecular weight excluding hydrogens is 264 g/mol. The fourth-order valence-electron chi connectivity index (χ4n) is 2.03. The maximum absolute atomic E-state index is 11.9. The molecule has 1 amide bonds. The molecule has 2 aromatic carbocycles. The normalized spacial score (nSPS) is 10.3. The number of hydrogen-bond acceptors (Lipinski definition) is 3. The average Bonchev–Trinajstić information content (AvgIpc) is 2.96. The van der Waals surface area contributed by atoms with Gasteiger partial charge in [0.1, 0.15) is 11.5 Å². The number of hydrogen-bond donors (Lipinski definition) is 3. The van der Waals surface area contributed by atoms with Gasteiger partial charge < -0.3 is 11.1 Å². The largest absolute Gasteiger partial charge is 0.382 e. The lowest BCUT2D eigenvalue weighted by atomic mass is 10.1. The van der Waals surface area contributed by atoms with E-state index in [1.54, 1.807) is 0 Å². The Morgan fingerprint density at radius 3 is 2.29 bits per heavy atom. The molecule has 0 radical (unpaired) electrons. The zero-order valence-electron chi connectivity index (χ0n) is 11.2. The van der Waals surface area contributed by atoms with Crippen molar-refractivity contribution in [2.45, 2.75) is 0 Å². The van der Waals surface area contributed by atoms with Crippen molar-refractivity contribution in [3.8, 4) is 11.1 Å². The van der Waals surface area contributed by atoms with Gasteiger partial charge in [-0.25, -0.2) is 0 Å². The van der Waals surface area contributed by atoms with E-state index in [0.29, 0.717) is 17.2 Å². The minimum Gasteiger partial charge on any atom is -0.382 e. The molecule has 0 atom stereocenters. The number of nitrogens with zero attached hydrogens (tertiary/aromatic N) is 1. The van der Waals surface area contributed by atoms with E-state index in [2.05, 4.69) is 15.5 Å². The van der Waals surface area contributed by atoms with E-state index in [1.807, 2.05) is 54.6 Å². The van der Waals surface area contributed by atoms with Crippen LogP contribution in [0.1, 0.15) is 10.5 Å². The van der Waals surface area contributed by atoms with Gasteiger partial charge in [0.15, 0.2) is 0 Å². The Kier molecular flexibility index (Phi) is 3.39. The van der Waals surface area contributed by atoms with Crippen LogP contribution in [0, 0.1) is 0 Å². The van der Waals surface area contributed by atoms with Gasteiger partial charge in [0.2, 0.25) is 0 Å². The second-order valence-corrected chi connectivity index (χ2v) is 4.60. The van der Waals surface area contributed by atoms with E-state index in [9.17, 15) is 4.79 Å². The van der Waals surface area contributed by atoms with Gasteiger partial charge in [-0.1, -0.05) is 42.5 Å². The van der Waals surface area contributed by atoms with E-state index in [-0.39, 0.29) is 5.91 Å². The number of aromatic amines is 1. The number of aromatic nitrogens is 2. The van der Waals surface area contributed by atoms with Gasteiger partial charge in [0, 0.05) is 11.8 Å². The van der Waals surface area contributed by atoms with Crippen LogP contribution < -0.4 is 11.1 Å². The van der Waals surface area contributed by atoms with E-state index in [1.165, 1.54) is 6.07 Å². The number of rotatable bonds is 3. The maximum Gasteiger partial charge on any atom is 0.273 e. The minimum absolute atomic E-state index is 0.272. The number of nitrogens with one attached hydrogen (secondary N) is 2. The molecule has 0 saturated heterocycles. The Labute approximate surface area is 121 Å². The summed E-state index contributed by atoms with van der Waals surface area (Å²) in [7, 11) is 0. The molecule has 0 saturated carbocycles. The molecule has 3 rings (SSSR count). The summed E-state index contributed by atoms with van der Waals surface area (Å²) in [6.45, 7) is 0. The van der Waals surface area contributed by atoms with Crippen molar-refractivity contribution in [3.63, 3.8) is 0 Å². The maximum atomic E-state index is 11.9. The summed E-state index contributed by atoms with van der Waals surface area (Å²) in [5.41, 5.74) is 8.75. The fraction of sp³-hybridized carbons (Fsp3) is 0. The van der Waals surface area contributed by atoms with Crippen LogP contribution in [0.4, 0.5) is 11.5 Å². The molecule has 0 bridgehead atoms. The Bertz CT molecular complexity index is 747. The lowest BCUT2D eigenvalue weighted by molar-refractivity contribution is 0.102. The van der Waals surface area contributed by atoms with Crippen molar-refractivity contribution in [3.05, 3.63) is 66.4 Å². The topological polar surface area (TPSA) is 83.8 Å². The first-order valence-corrected chi connectivity index (χ1v) is 6.50. The third-order valence-corrected chi connectivity index (χ3v) is 3.09. The van der Waals surface area contributed by atoms with Crippen molar-refractivity contribution < 1.29 is 4.79 Å². The molecule has 0 aliphatic rings. The van der Waals surface area contributed by atoms with Crippen molar-refractivity contribution >= 4 is 17.4 Å². The SMILES string of the molecule is Nc1cc(C(=O)Nc2ccc(-c3ccccc3)cc2)[nH]n1. The molecule has 1 heterocycles. The molecule has 0 aliphatic carbocycles. The second kappa shape index (κ2) is 5.50. The van der Waals surface area contributed by atoms with Crippen LogP contribution in [0.15, 0.2) is 60.7 Å². The molecule has 0 fully saturated rings. The van der Waals surface area contributed by atoms with Crippen LogP contribution in [-0.2, 0) is 0 Å². The standard InChI is InChI=1S/C16H14N4O/c17-15-10-14(19-20-15)16(21)18-13-8-6-12(7-9-13)11-4-2-1-3-5-11/h1-10H,(H,18,21)(H3,17,19,20). The Balaban J connectivity index is 1.74. The zero-order chi connectivity index (χ0) is 14.7. The highest BCUT2D eigenvalue weighted by Gasteiger charge is 2.08. The summed E-state index contributed by atoms with van der Waals surface area (Å²) in [5.74, 6) is 0.0197. The Morgan fingerprint density at radius 1 is 1.00 bits per heavy atom. The number of nitrogens with two attached hydrogens (primary N) is 1. The summed E-state index contributed by atoms with van der Waals surface area (Å²) in [4.78, 5) is 11.9. The van der Waals surface area contributed by atoms with E-state index >= 15 is 0 Å². The third kappa shape index (κ3) is 2.92. The molecule has 4 N–H and O–H groups in total. The van der Waals surface area contributed by atoms with Gasteiger partial charge in [0.25, 0.3) is 5.91 Å². The van der Waals surface area contributed by atoms with E-state index in [0.717, 1.165) is 11.1 Å². The van der Waals surface area contributed by atoms with Crippen LogP contribution in [0.2, 0.25) is 0 Å². The number of carbonyl (C=O) groups is 1. The predicted octanol–water partition coefficient (Wildman–Crippen LogP) is 2.91. The van der Waals surface area contributed by atoms with Crippen molar-refractivity contribution in [1.82, 2.24) is 10.2 Å². The number of benzene rings is 2. The van der Waals surface area contributed by atoms with Crippen LogP contribution in [0.5, 0.6) is 0 Å². The van der Waals surface area contributed by atoms with Gasteiger partial charge in [-0.05, 0) is 23.3 Å². The first kappa shape index (κ1) is 12.9. The molecule has 5 nitrogen and oxygen atoms in total. The summed E-state index contributed by atoms with van der Waals surface area (Å²) in [5, 5.41) is 9.09. The summed E-state index contributed by atoms with van der Waals surface area (Å²) in [6.07, 6.45) is 0. The molecule has 5 heteroatoms. The van der Waals surface area contributed by atoms with Gasteiger partial charge in [-0.2, -0.15) is 5.10 Å². The summed E-state index contributed by atoms with van der Waals surface area (Å²) in [6, 6.07) is 19.2. The summed E-state index contributed by atoms with van der Waals surface area (Å²) >= 11 is 0. The second-order valence-electron chi connectivity index (χ2n) is 4.60. The monoisotopic (exact) mass is 278 g/mol.